The van der Waals surface area contributed by atoms with E-state index in [1.165, 1.54) is 0 Å². The van der Waals surface area contributed by atoms with E-state index in [1.54, 1.807) is 18.2 Å². The molecular weight excluding hydrogens is 728 g/mol. The van der Waals surface area contributed by atoms with E-state index in [-0.39, 0.29) is 18.7 Å². The molecule has 0 radical (unpaired) electrons. The molecule has 1 atom stereocenters. The second-order valence-electron chi connectivity index (χ2n) is 5.58. The highest BCUT2D eigenvalue weighted by Gasteiger charge is 2.21. The number of amides is 1. The van der Waals surface area contributed by atoms with E-state index < -0.39 is 17.9 Å². The van der Waals surface area contributed by atoms with Crippen LogP contribution in [-0.4, -0.2) is 34.7 Å². The number of hydrogen-bond donors (Lipinski definition) is 4. The molecular formula is C17H14ClI3N2O5. The van der Waals surface area contributed by atoms with E-state index in [9.17, 15) is 19.8 Å². The van der Waals surface area contributed by atoms with Gasteiger partial charge < -0.3 is 20.3 Å². The van der Waals surface area contributed by atoms with E-state index in [0.29, 0.717) is 15.1 Å². The molecule has 0 aliphatic heterocycles. The Morgan fingerprint density at radius 1 is 1.11 bits per heavy atom. The number of carbonyl (C=O) groups is 2. The molecule has 11 heteroatoms. The number of phenolic OH excluding ortho intramolecular Hbond substituents is 1. The summed E-state index contributed by atoms with van der Waals surface area (Å²) in [6, 6.07) is 7.49. The Balaban J connectivity index is 2.20. The normalized spacial score (nSPS) is 11.7. The number of phenols is 1. The summed E-state index contributed by atoms with van der Waals surface area (Å²) in [6.07, 6.45) is 0.118. The van der Waals surface area contributed by atoms with Crippen LogP contribution < -0.4 is 14.9 Å². The van der Waals surface area contributed by atoms with Crippen molar-refractivity contribution < 1.29 is 24.5 Å². The van der Waals surface area contributed by atoms with Crippen molar-refractivity contribution in [2.24, 2.45) is 0 Å². The van der Waals surface area contributed by atoms with Crippen LogP contribution in [0.4, 0.5) is 0 Å². The third kappa shape index (κ3) is 6.74. The molecule has 28 heavy (non-hydrogen) atoms. The third-order valence-electron chi connectivity index (χ3n) is 3.50. The zero-order valence-electron chi connectivity index (χ0n) is 14.0. The molecule has 0 saturated carbocycles. The largest absolute Gasteiger partial charge is 0.507 e. The Labute approximate surface area is 207 Å². The van der Waals surface area contributed by atoms with E-state index in [0.717, 1.165) is 12.7 Å². The van der Waals surface area contributed by atoms with Gasteiger partial charge in [-0.1, -0.05) is 0 Å². The number of ether oxygens (including phenoxy) is 1. The summed E-state index contributed by atoms with van der Waals surface area (Å²) in [6.45, 7) is -0.182. The van der Waals surface area contributed by atoms with Crippen molar-refractivity contribution in [1.29, 1.82) is 0 Å². The maximum atomic E-state index is 11.6. The lowest BCUT2D eigenvalue weighted by Gasteiger charge is -2.16. The number of hydrogen-bond acceptors (Lipinski definition) is 5. The monoisotopic (exact) mass is 742 g/mol. The molecule has 2 aromatic rings. The van der Waals surface area contributed by atoms with Crippen LogP contribution in [0.2, 0.25) is 0 Å². The van der Waals surface area contributed by atoms with Crippen molar-refractivity contribution in [3.63, 3.8) is 0 Å². The van der Waals surface area contributed by atoms with Crippen LogP contribution in [0, 0.1) is 10.7 Å². The number of carboxylic acid groups (broad SMARTS) is 1. The van der Waals surface area contributed by atoms with Gasteiger partial charge in [-0.05, 0) is 115 Å². The van der Waals surface area contributed by atoms with Crippen LogP contribution in [0.1, 0.15) is 5.56 Å². The van der Waals surface area contributed by atoms with Crippen molar-refractivity contribution in [3.05, 3.63) is 46.6 Å². The van der Waals surface area contributed by atoms with Gasteiger partial charge in [0.1, 0.15) is 17.5 Å². The first-order valence-corrected chi connectivity index (χ1v) is 11.3. The molecule has 0 aromatic heterocycles. The van der Waals surface area contributed by atoms with Gasteiger partial charge in [0, 0.05) is 6.42 Å². The van der Waals surface area contributed by atoms with E-state index in [1.807, 2.05) is 34.7 Å². The number of halogens is 4. The molecule has 1 unspecified atom stereocenters. The van der Waals surface area contributed by atoms with Crippen LogP contribution in [0.25, 0.3) is 0 Å². The molecule has 1 amide bonds. The van der Waals surface area contributed by atoms with Gasteiger partial charge in [-0.25, -0.2) is 9.63 Å². The van der Waals surface area contributed by atoms with E-state index in [4.69, 9.17) is 16.5 Å². The van der Waals surface area contributed by atoms with Gasteiger partial charge in [0.05, 0.1) is 17.3 Å². The van der Waals surface area contributed by atoms with Crippen molar-refractivity contribution in [2.75, 3.05) is 6.54 Å². The van der Waals surface area contributed by atoms with Crippen LogP contribution >= 0.6 is 79.5 Å². The fraction of sp³-hybridized carbons (Fsp3) is 0.176. The number of rotatable bonds is 8. The van der Waals surface area contributed by atoms with E-state index in [2.05, 4.69) is 55.3 Å². The quantitative estimate of drug-likeness (QED) is 0.242. The molecule has 4 N–H and O–H groups in total. The lowest BCUT2D eigenvalue weighted by Crippen LogP contribution is -2.44. The highest BCUT2D eigenvalue weighted by Crippen LogP contribution is 2.35. The number of aromatic hydroxyl groups is 1. The molecule has 7 nitrogen and oxygen atoms in total. The van der Waals surface area contributed by atoms with Crippen molar-refractivity contribution >= 4 is 91.4 Å². The lowest BCUT2D eigenvalue weighted by atomic mass is 10.1. The summed E-state index contributed by atoms with van der Waals surface area (Å²) < 4.78 is 8.19. The van der Waals surface area contributed by atoms with Crippen LogP contribution in [0.5, 0.6) is 17.2 Å². The second-order valence-corrected chi connectivity index (χ2v) is 9.33. The molecule has 2 aromatic carbocycles. The first kappa shape index (κ1) is 23.7. The van der Waals surface area contributed by atoms with Crippen LogP contribution in [-0.2, 0) is 16.0 Å². The molecule has 0 aliphatic rings. The van der Waals surface area contributed by atoms with Gasteiger partial charge in [0.25, 0.3) is 0 Å². The molecule has 0 spiro atoms. The molecule has 0 fully saturated rings. The summed E-state index contributed by atoms with van der Waals surface area (Å²) in [4.78, 5) is 25.3. The fourth-order valence-corrected chi connectivity index (χ4v) is 4.96. The maximum absolute atomic E-state index is 11.6. The molecule has 0 bridgehead atoms. The van der Waals surface area contributed by atoms with Crippen LogP contribution in [0.15, 0.2) is 30.3 Å². The molecule has 150 valence electrons. The Kier molecular flexibility index (Phi) is 9.30. The first-order valence-electron chi connectivity index (χ1n) is 7.71. The maximum Gasteiger partial charge on any atom is 0.326 e. The standard InChI is InChI=1S/C17H14ClI3N2O5/c18-22-7-15(25)23-13(17(26)27)5-8-3-11(20)16(12(21)4-8)28-9-1-2-14(24)10(19)6-9/h1-4,6,13,22,24H,5,7H2,(H,23,25)(H,26,27). The highest BCUT2D eigenvalue weighted by atomic mass is 127. The second kappa shape index (κ2) is 11.0. The van der Waals surface area contributed by atoms with Crippen LogP contribution in [0.3, 0.4) is 0 Å². The number of benzene rings is 2. The van der Waals surface area contributed by atoms with E-state index >= 15 is 0 Å². The van der Waals surface area contributed by atoms with Crippen molar-refractivity contribution in [2.45, 2.75) is 12.5 Å². The van der Waals surface area contributed by atoms with Gasteiger partial charge in [-0.15, -0.1) is 0 Å². The van der Waals surface area contributed by atoms with Gasteiger partial charge in [-0.3, -0.25) is 4.79 Å². The number of nitrogens with one attached hydrogen (secondary N) is 2. The summed E-state index contributed by atoms with van der Waals surface area (Å²) in [5.74, 6) is -0.247. The summed E-state index contributed by atoms with van der Waals surface area (Å²) in [7, 11) is 0. The zero-order chi connectivity index (χ0) is 20.8. The third-order valence-corrected chi connectivity index (χ3v) is 6.10. The Morgan fingerprint density at radius 2 is 1.75 bits per heavy atom. The topological polar surface area (TPSA) is 108 Å². The number of carbonyl (C=O) groups excluding carboxylic acids is 1. The lowest BCUT2D eigenvalue weighted by molar-refractivity contribution is -0.141. The van der Waals surface area contributed by atoms with Crippen molar-refractivity contribution in [3.8, 4) is 17.2 Å². The molecule has 0 aliphatic carbocycles. The van der Waals surface area contributed by atoms with Gasteiger partial charge >= 0.3 is 5.97 Å². The molecule has 2 rings (SSSR count). The minimum absolute atomic E-state index is 0.118. The minimum Gasteiger partial charge on any atom is -0.507 e. The Bertz CT molecular complexity index is 874. The summed E-state index contributed by atoms with van der Waals surface area (Å²) >= 11 is 11.5. The summed E-state index contributed by atoms with van der Waals surface area (Å²) in [5, 5.41) is 21.4. The zero-order valence-corrected chi connectivity index (χ0v) is 21.2. The molecule has 0 heterocycles. The number of carboxylic acids is 1. The smallest absolute Gasteiger partial charge is 0.326 e. The predicted molar refractivity (Wildman–Crippen MR) is 130 cm³/mol. The Morgan fingerprint density at radius 3 is 2.29 bits per heavy atom. The average molecular weight is 742 g/mol. The summed E-state index contributed by atoms with van der Waals surface area (Å²) in [5.41, 5.74) is 0.743. The fourth-order valence-electron chi connectivity index (χ4n) is 2.24. The van der Waals surface area contributed by atoms with Gasteiger partial charge in [0.15, 0.2) is 5.75 Å². The predicted octanol–water partition coefficient (Wildman–Crippen LogP) is 3.85. The van der Waals surface area contributed by atoms with Gasteiger partial charge in [-0.2, -0.15) is 0 Å². The van der Waals surface area contributed by atoms with Gasteiger partial charge in [0.2, 0.25) is 5.91 Å². The minimum atomic E-state index is -1.13. The average Bonchev–Trinajstić information content (AvgIpc) is 2.60. The first-order chi connectivity index (χ1) is 13.2. The number of aliphatic carboxylic acids is 1. The SMILES string of the molecule is O=C(CNCl)NC(Cc1cc(I)c(Oc2ccc(O)c(I)c2)c(I)c1)C(=O)O. The highest BCUT2D eigenvalue weighted by molar-refractivity contribution is 14.1. The van der Waals surface area contributed by atoms with Crippen molar-refractivity contribution in [1.82, 2.24) is 10.2 Å². The molecule has 0 saturated heterocycles. The Hall–Kier alpha value is -0.580.